The first-order valence-electron chi connectivity index (χ1n) is 19.4. The van der Waals surface area contributed by atoms with Crippen LogP contribution in [-0.2, 0) is 13.1 Å². The molecular formula is C43H52Cl2N6O2S. The molecule has 2 aliphatic heterocycles. The van der Waals surface area contributed by atoms with Gasteiger partial charge in [-0.3, -0.25) is 9.80 Å². The largest absolute Gasteiger partial charge is 0.457 e. The van der Waals surface area contributed by atoms with E-state index in [0.717, 1.165) is 92.8 Å². The molecule has 0 amide bonds. The number of nitrogens with zero attached hydrogens (tertiary/aromatic N) is 6. The molecule has 0 unspecified atom stereocenters. The maximum Gasteiger partial charge on any atom is 0.132 e. The van der Waals surface area contributed by atoms with Crippen LogP contribution in [0.4, 0.5) is 11.4 Å². The average molecular weight is 788 g/mol. The second-order valence-corrected chi connectivity index (χ2v) is 16.9. The van der Waals surface area contributed by atoms with Crippen LogP contribution in [0.3, 0.4) is 0 Å². The highest BCUT2D eigenvalue weighted by molar-refractivity contribution is 7.98. The Kier molecular flexibility index (Phi) is 11.8. The second-order valence-electron chi connectivity index (χ2n) is 15.2. The van der Waals surface area contributed by atoms with Crippen LogP contribution in [0.1, 0.15) is 36.8 Å². The molecule has 0 aromatic heterocycles. The van der Waals surface area contributed by atoms with Gasteiger partial charge in [-0.05, 0) is 105 Å². The Morgan fingerprint density at radius 3 is 1.48 bits per heavy atom. The van der Waals surface area contributed by atoms with Crippen molar-refractivity contribution in [1.82, 2.24) is 19.8 Å². The first-order valence-corrected chi connectivity index (χ1v) is 21.4. The number of benzene rings is 4. The van der Waals surface area contributed by atoms with Gasteiger partial charge in [0.05, 0.1) is 10.0 Å². The van der Waals surface area contributed by atoms with Gasteiger partial charge in [-0.1, -0.05) is 23.2 Å². The third-order valence-electron chi connectivity index (χ3n) is 11.4. The van der Waals surface area contributed by atoms with E-state index in [0.29, 0.717) is 28.9 Å². The quantitative estimate of drug-likeness (QED) is 0.0919. The first-order chi connectivity index (χ1) is 26.3. The lowest BCUT2D eigenvalue weighted by Crippen LogP contribution is -2.47. The lowest BCUT2D eigenvalue weighted by Gasteiger charge is -2.37. The monoisotopic (exact) mass is 786 g/mol. The van der Waals surface area contributed by atoms with E-state index in [1.54, 1.807) is 23.9 Å². The van der Waals surface area contributed by atoms with Crippen molar-refractivity contribution in [3.8, 4) is 23.0 Å². The smallest absolute Gasteiger partial charge is 0.132 e. The van der Waals surface area contributed by atoms with Gasteiger partial charge in [-0.2, -0.15) is 0 Å². The fourth-order valence-corrected chi connectivity index (χ4v) is 8.41. The third-order valence-corrected chi connectivity index (χ3v) is 12.8. The Morgan fingerprint density at radius 1 is 0.574 bits per heavy atom. The van der Waals surface area contributed by atoms with Crippen molar-refractivity contribution in [2.24, 2.45) is 0 Å². The highest BCUT2D eigenvalue weighted by atomic mass is 35.5. The van der Waals surface area contributed by atoms with Crippen LogP contribution in [0.25, 0.3) is 0 Å². The van der Waals surface area contributed by atoms with Gasteiger partial charge in [0.2, 0.25) is 0 Å². The van der Waals surface area contributed by atoms with Crippen molar-refractivity contribution in [2.45, 2.75) is 55.8 Å². The molecule has 4 aromatic carbocycles. The topological polar surface area (TPSA) is 37.9 Å². The zero-order chi connectivity index (χ0) is 37.2. The number of ether oxygens (including phenoxy) is 2. The summed E-state index contributed by atoms with van der Waals surface area (Å²) in [5, 5.41) is 5.53. The first kappa shape index (κ1) is 37.8. The predicted molar refractivity (Wildman–Crippen MR) is 224 cm³/mol. The van der Waals surface area contributed by atoms with Crippen LogP contribution in [0.2, 0.25) is 10.0 Å². The molecule has 11 heteroatoms. The summed E-state index contributed by atoms with van der Waals surface area (Å²) in [6.07, 6.45) is 7.52. The Labute approximate surface area is 335 Å². The van der Waals surface area contributed by atoms with E-state index >= 15 is 0 Å². The van der Waals surface area contributed by atoms with Gasteiger partial charge in [0.1, 0.15) is 23.0 Å². The van der Waals surface area contributed by atoms with E-state index in [1.807, 2.05) is 6.07 Å². The maximum absolute atomic E-state index is 6.59. The lowest BCUT2D eigenvalue weighted by molar-refractivity contribution is 0.0100. The van der Waals surface area contributed by atoms with Crippen molar-refractivity contribution in [1.29, 1.82) is 0 Å². The van der Waals surface area contributed by atoms with Crippen LogP contribution >= 0.6 is 35.0 Å². The summed E-state index contributed by atoms with van der Waals surface area (Å²) in [7, 11) is 4.30. The Bertz CT molecular complexity index is 1890. The molecule has 0 spiro atoms. The Hall–Kier alpha value is -3.15. The minimum Gasteiger partial charge on any atom is -0.457 e. The molecule has 2 aliphatic carbocycles. The molecule has 2 heterocycles. The Morgan fingerprint density at radius 2 is 1.04 bits per heavy atom. The summed E-state index contributed by atoms with van der Waals surface area (Å²) < 4.78 is 13.1. The van der Waals surface area contributed by atoms with E-state index in [2.05, 4.69) is 111 Å². The van der Waals surface area contributed by atoms with E-state index in [1.165, 1.54) is 42.0 Å². The van der Waals surface area contributed by atoms with Crippen molar-refractivity contribution >= 4 is 46.3 Å². The van der Waals surface area contributed by atoms with Crippen molar-refractivity contribution < 1.29 is 9.47 Å². The zero-order valence-electron chi connectivity index (χ0n) is 31.7. The van der Waals surface area contributed by atoms with E-state index in [4.69, 9.17) is 32.7 Å². The maximum atomic E-state index is 6.59. The molecule has 4 aromatic rings. The van der Waals surface area contributed by atoms with Crippen molar-refractivity contribution in [3.63, 3.8) is 0 Å². The minimum absolute atomic E-state index is 0.475. The molecular weight excluding hydrogens is 735 g/mol. The SMILES string of the molecule is CSc1ccc(Oc2ccc(N3CCN(C4CC4)CC3)cc2CN(C)N(C)Cc2cc(N3CCN(C4CC4)CC3)ccc2Oc2ccc(Cl)c(Cl)c2)cc1. The molecule has 8 nitrogen and oxygen atoms in total. The molecule has 2 saturated carbocycles. The Balaban J connectivity index is 1.02. The highest BCUT2D eigenvalue weighted by Crippen LogP contribution is 2.36. The molecule has 0 radical (unpaired) electrons. The van der Waals surface area contributed by atoms with Gasteiger partial charge in [-0.15, -0.1) is 11.8 Å². The molecule has 0 N–H and O–H groups in total. The van der Waals surface area contributed by atoms with Gasteiger partial charge in [0.15, 0.2) is 0 Å². The van der Waals surface area contributed by atoms with Crippen LogP contribution < -0.4 is 19.3 Å². The third kappa shape index (κ3) is 9.27. The summed E-state index contributed by atoms with van der Waals surface area (Å²) >= 11 is 14.4. The van der Waals surface area contributed by atoms with Gasteiger partial charge in [0, 0.05) is 125 Å². The summed E-state index contributed by atoms with van der Waals surface area (Å²) in [6, 6.07) is 28.7. The van der Waals surface area contributed by atoms with E-state index < -0.39 is 0 Å². The molecule has 0 bridgehead atoms. The number of hydrogen-bond acceptors (Lipinski definition) is 9. The fraction of sp³-hybridized carbons (Fsp3) is 0.442. The summed E-state index contributed by atoms with van der Waals surface area (Å²) in [5.74, 6) is 3.19. The number of piperazine rings is 2. The van der Waals surface area contributed by atoms with Crippen molar-refractivity contribution in [2.75, 3.05) is 82.5 Å². The van der Waals surface area contributed by atoms with Gasteiger partial charge >= 0.3 is 0 Å². The molecule has 8 rings (SSSR count). The molecule has 0 atom stereocenters. The summed E-state index contributed by atoms with van der Waals surface area (Å²) in [4.78, 5) is 11.6. The van der Waals surface area contributed by atoms with Crippen LogP contribution in [-0.4, -0.2) is 105 Å². The predicted octanol–water partition coefficient (Wildman–Crippen LogP) is 9.35. The number of halogens is 2. The molecule has 4 aliphatic rings. The fourth-order valence-electron chi connectivity index (χ4n) is 7.71. The number of rotatable bonds is 14. The van der Waals surface area contributed by atoms with Crippen molar-refractivity contribution in [3.05, 3.63) is 100 Å². The standard InChI is InChI=1S/C43H52Cl2N6O2S/c1-46(29-31-26-35(50-22-18-48(19-23-50)33-4-5-33)8-16-42(31)52-37-10-13-39(54-3)14-11-37)47(2)30-32-27-36(51-24-20-49(21-25-51)34-6-7-34)9-17-43(32)53-38-12-15-40(44)41(45)28-38/h8-17,26-28,33-34H,4-7,18-25,29-30H2,1-3H3. The molecule has 286 valence electrons. The summed E-state index contributed by atoms with van der Waals surface area (Å²) in [6.45, 7) is 9.99. The van der Waals surface area contributed by atoms with E-state index in [9.17, 15) is 0 Å². The van der Waals surface area contributed by atoms with Gasteiger partial charge in [-0.25, -0.2) is 10.0 Å². The minimum atomic E-state index is 0.475. The molecule has 54 heavy (non-hydrogen) atoms. The average Bonchev–Trinajstić information content (AvgIpc) is 4.13. The second kappa shape index (κ2) is 16.9. The van der Waals surface area contributed by atoms with E-state index in [-0.39, 0.29) is 0 Å². The number of hydrazine groups is 1. The van der Waals surface area contributed by atoms with Gasteiger partial charge < -0.3 is 19.3 Å². The highest BCUT2D eigenvalue weighted by Gasteiger charge is 2.32. The van der Waals surface area contributed by atoms with Crippen LogP contribution in [0.15, 0.2) is 83.8 Å². The van der Waals surface area contributed by atoms with Crippen LogP contribution in [0, 0.1) is 0 Å². The lowest BCUT2D eigenvalue weighted by atomic mass is 10.1. The number of hydrogen-bond donors (Lipinski definition) is 0. The number of anilines is 2. The normalized spacial score (nSPS) is 18.5. The summed E-state index contributed by atoms with van der Waals surface area (Å²) in [5.41, 5.74) is 4.74. The van der Waals surface area contributed by atoms with Gasteiger partial charge in [0.25, 0.3) is 0 Å². The molecule has 4 fully saturated rings. The van der Waals surface area contributed by atoms with Crippen LogP contribution in [0.5, 0.6) is 23.0 Å². The molecule has 2 saturated heterocycles. The zero-order valence-corrected chi connectivity index (χ0v) is 34.1. The number of thioether (sulfide) groups is 1.